The van der Waals surface area contributed by atoms with Gasteiger partial charge in [0.25, 0.3) is 0 Å². The molecule has 1 heterocycles. The van der Waals surface area contributed by atoms with Gasteiger partial charge < -0.3 is 9.63 Å². The molecule has 1 aliphatic rings. The van der Waals surface area contributed by atoms with Crippen LogP contribution in [-0.2, 0) is 4.79 Å². The van der Waals surface area contributed by atoms with E-state index in [1.54, 1.807) is 13.0 Å². The third kappa shape index (κ3) is 1.56. The molecule has 0 spiro atoms. The Balaban J connectivity index is 2.24. The molecule has 1 saturated carbocycles. The minimum atomic E-state index is -0.807. The number of carboxylic acid groups (broad SMARTS) is 1. The van der Waals surface area contributed by atoms with E-state index in [0.29, 0.717) is 5.76 Å². The summed E-state index contributed by atoms with van der Waals surface area (Å²) in [6, 6.07) is 1.71. The number of aliphatic carboxylic acids is 1. The van der Waals surface area contributed by atoms with E-state index in [1.165, 1.54) is 0 Å². The van der Waals surface area contributed by atoms with Crippen LogP contribution in [0.25, 0.3) is 0 Å². The second-order valence-electron chi connectivity index (χ2n) is 3.52. The van der Waals surface area contributed by atoms with Gasteiger partial charge in [0, 0.05) is 6.07 Å². The van der Waals surface area contributed by atoms with Crippen molar-refractivity contribution >= 4 is 5.97 Å². The van der Waals surface area contributed by atoms with E-state index >= 15 is 0 Å². The van der Waals surface area contributed by atoms with Gasteiger partial charge in [0.15, 0.2) is 5.76 Å². The van der Waals surface area contributed by atoms with Crippen LogP contribution in [0.4, 0.5) is 0 Å². The van der Waals surface area contributed by atoms with Gasteiger partial charge in [-0.05, 0) is 25.7 Å². The fraction of sp³-hybridized carbons (Fsp3) is 0.556. The van der Waals surface area contributed by atoms with Crippen molar-refractivity contribution < 1.29 is 14.4 Å². The normalized spacial score (nSPS) is 18.5. The first-order valence-corrected chi connectivity index (χ1v) is 4.34. The molecular formula is C9H11NO3. The first-order chi connectivity index (χ1) is 6.18. The number of nitrogens with zero attached hydrogens (tertiary/aromatic N) is 1. The predicted molar refractivity (Wildman–Crippen MR) is 44.3 cm³/mol. The quantitative estimate of drug-likeness (QED) is 0.768. The molecule has 0 amide bonds. The van der Waals surface area contributed by atoms with Crippen molar-refractivity contribution in [2.75, 3.05) is 0 Å². The lowest BCUT2D eigenvalue weighted by Crippen LogP contribution is -2.12. The summed E-state index contributed by atoms with van der Waals surface area (Å²) < 4.78 is 4.96. The van der Waals surface area contributed by atoms with E-state index in [0.717, 1.165) is 18.5 Å². The van der Waals surface area contributed by atoms with Crippen LogP contribution < -0.4 is 0 Å². The summed E-state index contributed by atoms with van der Waals surface area (Å²) in [5, 5.41) is 12.7. The molecule has 13 heavy (non-hydrogen) atoms. The lowest BCUT2D eigenvalue weighted by molar-refractivity contribution is -0.139. The van der Waals surface area contributed by atoms with Gasteiger partial charge in [-0.25, -0.2) is 0 Å². The van der Waals surface area contributed by atoms with Crippen LogP contribution in [0.1, 0.15) is 30.2 Å². The van der Waals surface area contributed by atoms with E-state index < -0.39 is 11.9 Å². The van der Waals surface area contributed by atoms with E-state index in [2.05, 4.69) is 5.16 Å². The first-order valence-electron chi connectivity index (χ1n) is 4.34. The summed E-state index contributed by atoms with van der Waals surface area (Å²) in [4.78, 5) is 10.9. The second-order valence-corrected chi connectivity index (χ2v) is 3.52. The molecule has 70 valence electrons. The van der Waals surface area contributed by atoms with Gasteiger partial charge in [0.2, 0.25) is 0 Å². The molecule has 0 saturated heterocycles. The van der Waals surface area contributed by atoms with Crippen molar-refractivity contribution in [2.45, 2.75) is 25.7 Å². The van der Waals surface area contributed by atoms with Crippen LogP contribution >= 0.6 is 0 Å². The highest BCUT2D eigenvalue weighted by Gasteiger charge is 2.39. The van der Waals surface area contributed by atoms with Crippen molar-refractivity contribution in [3.8, 4) is 0 Å². The van der Waals surface area contributed by atoms with Crippen molar-refractivity contribution in [3.05, 3.63) is 17.5 Å². The molecule has 1 aromatic heterocycles. The first kappa shape index (κ1) is 8.29. The van der Waals surface area contributed by atoms with Gasteiger partial charge in [0.05, 0.1) is 5.69 Å². The minimum Gasteiger partial charge on any atom is -0.481 e. The third-order valence-corrected chi connectivity index (χ3v) is 2.31. The molecule has 1 unspecified atom stereocenters. The van der Waals surface area contributed by atoms with Crippen molar-refractivity contribution in [1.82, 2.24) is 5.16 Å². The van der Waals surface area contributed by atoms with E-state index in [1.807, 2.05) is 0 Å². The van der Waals surface area contributed by atoms with E-state index in [-0.39, 0.29) is 5.92 Å². The van der Waals surface area contributed by atoms with E-state index in [4.69, 9.17) is 9.63 Å². The highest BCUT2D eigenvalue weighted by Crippen LogP contribution is 2.42. The molecule has 1 aromatic rings. The predicted octanol–water partition coefficient (Wildman–Crippen LogP) is 1.56. The molecule has 1 fully saturated rings. The number of aromatic nitrogens is 1. The van der Waals surface area contributed by atoms with Gasteiger partial charge >= 0.3 is 5.97 Å². The molecule has 2 rings (SSSR count). The van der Waals surface area contributed by atoms with Gasteiger partial charge in [-0.3, -0.25) is 4.79 Å². The summed E-state index contributed by atoms with van der Waals surface area (Å²) in [5.41, 5.74) is 0.738. The molecule has 0 aromatic carbocycles. The number of aryl methyl sites for hydroxylation is 1. The largest absolute Gasteiger partial charge is 0.481 e. The van der Waals surface area contributed by atoms with Crippen molar-refractivity contribution in [1.29, 1.82) is 0 Å². The fourth-order valence-electron chi connectivity index (χ4n) is 1.52. The smallest absolute Gasteiger partial charge is 0.314 e. The number of carboxylic acids is 1. The third-order valence-electron chi connectivity index (χ3n) is 2.31. The highest BCUT2D eigenvalue weighted by atomic mass is 16.5. The van der Waals surface area contributed by atoms with Gasteiger partial charge in [-0.2, -0.15) is 0 Å². The average molecular weight is 181 g/mol. The molecule has 4 heteroatoms. The van der Waals surface area contributed by atoms with E-state index in [9.17, 15) is 4.79 Å². The number of carbonyl (C=O) groups is 1. The zero-order valence-corrected chi connectivity index (χ0v) is 7.36. The minimum absolute atomic E-state index is 0.254. The second kappa shape index (κ2) is 2.87. The maximum absolute atomic E-state index is 10.9. The Labute approximate surface area is 75.5 Å². The Kier molecular flexibility index (Phi) is 1.83. The molecule has 1 aliphatic carbocycles. The van der Waals surface area contributed by atoms with Gasteiger partial charge in [0.1, 0.15) is 5.92 Å². The van der Waals surface area contributed by atoms with Gasteiger partial charge in [-0.15, -0.1) is 0 Å². The van der Waals surface area contributed by atoms with Crippen LogP contribution in [0, 0.1) is 12.8 Å². The van der Waals surface area contributed by atoms with Crippen LogP contribution in [-0.4, -0.2) is 16.2 Å². The summed E-state index contributed by atoms with van der Waals surface area (Å²) in [7, 11) is 0. The summed E-state index contributed by atoms with van der Waals surface area (Å²) in [6.45, 7) is 1.79. The van der Waals surface area contributed by atoms with Crippen LogP contribution in [0.15, 0.2) is 10.6 Å². The Bertz CT molecular complexity index is 327. The molecule has 0 aliphatic heterocycles. The Morgan fingerprint density at radius 1 is 1.77 bits per heavy atom. The molecule has 1 N–H and O–H groups in total. The maximum Gasteiger partial charge on any atom is 0.314 e. The van der Waals surface area contributed by atoms with Crippen molar-refractivity contribution in [2.24, 2.45) is 5.92 Å². The lowest BCUT2D eigenvalue weighted by atomic mass is 10.0. The Morgan fingerprint density at radius 2 is 2.46 bits per heavy atom. The van der Waals surface area contributed by atoms with Crippen LogP contribution in [0.3, 0.4) is 0 Å². The molecule has 4 nitrogen and oxygen atoms in total. The number of rotatable bonds is 3. The van der Waals surface area contributed by atoms with Gasteiger partial charge in [-0.1, -0.05) is 5.16 Å². The average Bonchev–Trinajstić information content (AvgIpc) is 2.76. The number of hydrogen-bond donors (Lipinski definition) is 1. The van der Waals surface area contributed by atoms with Crippen molar-refractivity contribution in [3.63, 3.8) is 0 Å². The summed E-state index contributed by atoms with van der Waals surface area (Å²) in [6.07, 6.45) is 1.97. The monoisotopic (exact) mass is 181 g/mol. The van der Waals surface area contributed by atoms with Crippen LogP contribution in [0.5, 0.6) is 0 Å². The fourth-order valence-corrected chi connectivity index (χ4v) is 1.52. The Hall–Kier alpha value is -1.32. The van der Waals surface area contributed by atoms with Crippen LogP contribution in [0.2, 0.25) is 0 Å². The topological polar surface area (TPSA) is 63.3 Å². The highest BCUT2D eigenvalue weighted by molar-refractivity contribution is 5.76. The maximum atomic E-state index is 10.9. The zero-order chi connectivity index (χ0) is 9.42. The molecular weight excluding hydrogens is 170 g/mol. The zero-order valence-electron chi connectivity index (χ0n) is 7.36. The standard InChI is InChI=1S/C9H11NO3/c1-5-4-7(13-10-5)8(9(11)12)6-2-3-6/h4,6,8H,2-3H2,1H3,(H,11,12). The molecule has 0 radical (unpaired) electrons. The lowest BCUT2D eigenvalue weighted by Gasteiger charge is -2.04. The summed E-state index contributed by atoms with van der Waals surface area (Å²) >= 11 is 0. The SMILES string of the molecule is Cc1cc(C(C(=O)O)C2CC2)on1. The summed E-state index contributed by atoms with van der Waals surface area (Å²) in [5.74, 6) is -0.544. The Morgan fingerprint density at radius 3 is 2.85 bits per heavy atom. The molecule has 1 atom stereocenters. The number of hydrogen-bond acceptors (Lipinski definition) is 3. The molecule has 0 bridgehead atoms.